The van der Waals surface area contributed by atoms with E-state index in [2.05, 4.69) is 9.97 Å². The lowest BCUT2D eigenvalue weighted by Gasteiger charge is -2.29. The highest BCUT2D eigenvalue weighted by molar-refractivity contribution is 6.30. The first-order chi connectivity index (χ1) is 13.2. The van der Waals surface area contributed by atoms with Crippen molar-refractivity contribution in [2.24, 2.45) is 0 Å². The van der Waals surface area contributed by atoms with E-state index in [0.717, 1.165) is 6.07 Å². The highest BCUT2D eigenvalue weighted by atomic mass is 35.5. The average molecular weight is 409 g/mol. The van der Waals surface area contributed by atoms with E-state index in [1.165, 1.54) is 30.0 Å². The SMILES string of the molecule is C[C@@]1(O)[C@@H](C(O)c2ccc(Cl)cc2F)O[C@@H](n2ccc3c(N)ncnc32)[C@@H]1O. The van der Waals surface area contributed by atoms with Crippen LogP contribution in [0.2, 0.25) is 5.02 Å². The van der Waals surface area contributed by atoms with Crippen LogP contribution in [-0.2, 0) is 4.74 Å². The Bertz CT molecular complexity index is 1040. The number of nitrogens with two attached hydrogens (primary N) is 1. The van der Waals surface area contributed by atoms with Crippen LogP contribution in [0.3, 0.4) is 0 Å². The summed E-state index contributed by atoms with van der Waals surface area (Å²) >= 11 is 5.75. The van der Waals surface area contributed by atoms with Gasteiger partial charge in [-0.15, -0.1) is 0 Å². The molecule has 0 saturated carbocycles. The van der Waals surface area contributed by atoms with E-state index < -0.39 is 36.0 Å². The molecular formula is C18H18ClFN4O4. The van der Waals surface area contributed by atoms with E-state index in [4.69, 9.17) is 22.1 Å². The minimum atomic E-state index is -1.88. The van der Waals surface area contributed by atoms with Crippen molar-refractivity contribution in [1.82, 2.24) is 14.5 Å². The van der Waals surface area contributed by atoms with Crippen molar-refractivity contribution < 1.29 is 24.4 Å². The summed E-state index contributed by atoms with van der Waals surface area (Å²) in [7, 11) is 0. The molecule has 8 nitrogen and oxygen atoms in total. The van der Waals surface area contributed by atoms with Crippen LogP contribution in [0.25, 0.3) is 11.0 Å². The number of nitrogens with zero attached hydrogens (tertiary/aromatic N) is 3. The van der Waals surface area contributed by atoms with Gasteiger partial charge in [-0.05, 0) is 25.1 Å². The van der Waals surface area contributed by atoms with Gasteiger partial charge in [-0.2, -0.15) is 0 Å². The smallest absolute Gasteiger partial charge is 0.164 e. The Morgan fingerprint density at radius 3 is 2.82 bits per heavy atom. The second-order valence-corrected chi connectivity index (χ2v) is 7.38. The second kappa shape index (κ2) is 6.64. The van der Waals surface area contributed by atoms with Crippen LogP contribution in [0, 0.1) is 5.82 Å². The molecule has 1 aromatic carbocycles. The molecule has 0 radical (unpaired) electrons. The molecule has 0 bridgehead atoms. The molecule has 4 rings (SSSR count). The van der Waals surface area contributed by atoms with E-state index in [-0.39, 0.29) is 16.4 Å². The molecular weight excluding hydrogens is 391 g/mol. The van der Waals surface area contributed by atoms with Gasteiger partial charge in [-0.3, -0.25) is 0 Å². The fourth-order valence-electron chi connectivity index (χ4n) is 3.53. The van der Waals surface area contributed by atoms with Crippen molar-refractivity contribution in [3.8, 4) is 0 Å². The quantitative estimate of drug-likeness (QED) is 0.517. The minimum Gasteiger partial charge on any atom is -0.385 e. The molecule has 2 aromatic heterocycles. The predicted octanol–water partition coefficient (Wildman–Crippen LogP) is 1.55. The van der Waals surface area contributed by atoms with Gasteiger partial charge in [0.1, 0.15) is 47.5 Å². The third-order valence-corrected chi connectivity index (χ3v) is 5.35. The average Bonchev–Trinajstić information content (AvgIpc) is 3.15. The number of anilines is 1. The standard InChI is InChI=1S/C18H18ClFN4O4/c1-18(27)13(26)17(24-5-4-10-15(21)22-7-23-16(10)24)28-14(18)12(25)9-3-2-8(19)6-11(9)20/h2-7,12-14,17,25-27H,1H3,(H2,21,22,23)/t12?,13-,14+,17+,18-/m0/s1. The number of fused-ring (bicyclic) bond motifs is 1. The lowest BCUT2D eigenvalue weighted by Crippen LogP contribution is -2.47. The predicted molar refractivity (Wildman–Crippen MR) is 98.9 cm³/mol. The van der Waals surface area contributed by atoms with Gasteiger partial charge in [0, 0.05) is 16.8 Å². The molecule has 5 N–H and O–H groups in total. The van der Waals surface area contributed by atoms with Crippen LogP contribution in [0.4, 0.5) is 10.2 Å². The van der Waals surface area contributed by atoms with Gasteiger partial charge in [0.15, 0.2) is 6.23 Å². The van der Waals surface area contributed by atoms with Crippen molar-refractivity contribution in [3.05, 3.63) is 53.2 Å². The van der Waals surface area contributed by atoms with E-state index in [1.54, 1.807) is 12.3 Å². The molecule has 3 heterocycles. The van der Waals surface area contributed by atoms with Crippen LogP contribution < -0.4 is 5.73 Å². The van der Waals surface area contributed by atoms with Crippen LogP contribution in [0.15, 0.2) is 36.8 Å². The number of rotatable bonds is 3. The maximum atomic E-state index is 14.2. The number of aliphatic hydroxyl groups excluding tert-OH is 2. The summed E-state index contributed by atoms with van der Waals surface area (Å²) in [5.74, 6) is -0.493. The molecule has 148 valence electrons. The number of hydrogen-bond acceptors (Lipinski definition) is 7. The Kier molecular flexibility index (Phi) is 4.52. The molecule has 1 unspecified atom stereocenters. The number of nitrogen functional groups attached to an aromatic ring is 1. The number of aliphatic hydroxyl groups is 3. The molecule has 3 aromatic rings. The molecule has 5 atom stereocenters. The Morgan fingerprint density at radius 2 is 2.11 bits per heavy atom. The zero-order chi connectivity index (χ0) is 20.2. The monoisotopic (exact) mass is 408 g/mol. The van der Waals surface area contributed by atoms with Gasteiger partial charge in [0.2, 0.25) is 0 Å². The van der Waals surface area contributed by atoms with Crippen molar-refractivity contribution in [3.63, 3.8) is 0 Å². The maximum Gasteiger partial charge on any atom is 0.164 e. The van der Waals surface area contributed by atoms with E-state index >= 15 is 0 Å². The Balaban J connectivity index is 1.72. The van der Waals surface area contributed by atoms with Gasteiger partial charge in [-0.25, -0.2) is 14.4 Å². The maximum absolute atomic E-state index is 14.2. The van der Waals surface area contributed by atoms with Gasteiger partial charge in [0.05, 0.1) is 5.39 Å². The number of halogens is 2. The summed E-state index contributed by atoms with van der Waals surface area (Å²) < 4.78 is 21.5. The van der Waals surface area contributed by atoms with Crippen molar-refractivity contribution in [2.75, 3.05) is 5.73 Å². The van der Waals surface area contributed by atoms with E-state index in [9.17, 15) is 19.7 Å². The first-order valence-corrected chi connectivity index (χ1v) is 8.85. The van der Waals surface area contributed by atoms with Crippen LogP contribution >= 0.6 is 11.6 Å². The Morgan fingerprint density at radius 1 is 1.36 bits per heavy atom. The zero-order valence-corrected chi connectivity index (χ0v) is 15.5. The minimum absolute atomic E-state index is 0.105. The summed E-state index contributed by atoms with van der Waals surface area (Å²) in [6.45, 7) is 1.31. The van der Waals surface area contributed by atoms with Gasteiger partial charge in [-0.1, -0.05) is 17.7 Å². The summed E-state index contributed by atoms with van der Waals surface area (Å²) in [5, 5.41) is 32.9. The summed E-state index contributed by atoms with van der Waals surface area (Å²) in [6.07, 6.45) is -2.54. The van der Waals surface area contributed by atoms with Crippen LogP contribution in [-0.4, -0.2) is 47.7 Å². The molecule has 28 heavy (non-hydrogen) atoms. The third kappa shape index (κ3) is 2.83. The first-order valence-electron chi connectivity index (χ1n) is 8.47. The second-order valence-electron chi connectivity index (χ2n) is 6.95. The molecule has 10 heteroatoms. The van der Waals surface area contributed by atoms with E-state index in [0.29, 0.717) is 11.0 Å². The van der Waals surface area contributed by atoms with Crippen LogP contribution in [0.1, 0.15) is 24.8 Å². The molecule has 0 aliphatic carbocycles. The normalized spacial score (nSPS) is 28.7. The molecule has 1 saturated heterocycles. The Labute approximate surface area is 164 Å². The highest BCUT2D eigenvalue weighted by Gasteiger charge is 2.56. The lowest BCUT2D eigenvalue weighted by atomic mass is 9.88. The molecule has 1 aliphatic heterocycles. The first kappa shape index (κ1) is 19.0. The number of aromatic nitrogens is 3. The number of ether oxygens (including phenoxy) is 1. The molecule has 0 amide bonds. The van der Waals surface area contributed by atoms with Crippen molar-refractivity contribution >= 4 is 28.5 Å². The van der Waals surface area contributed by atoms with Gasteiger partial charge >= 0.3 is 0 Å². The van der Waals surface area contributed by atoms with Crippen molar-refractivity contribution in [2.45, 2.75) is 37.1 Å². The fourth-order valence-corrected chi connectivity index (χ4v) is 3.69. The van der Waals surface area contributed by atoms with Crippen LogP contribution in [0.5, 0.6) is 0 Å². The largest absolute Gasteiger partial charge is 0.385 e. The fraction of sp³-hybridized carbons (Fsp3) is 0.333. The third-order valence-electron chi connectivity index (χ3n) is 5.11. The van der Waals surface area contributed by atoms with E-state index in [1.807, 2.05) is 0 Å². The van der Waals surface area contributed by atoms with Crippen molar-refractivity contribution in [1.29, 1.82) is 0 Å². The highest BCUT2D eigenvalue weighted by Crippen LogP contribution is 2.44. The Hall–Kier alpha value is -2.30. The van der Waals surface area contributed by atoms with Gasteiger partial charge < -0.3 is 30.4 Å². The number of benzene rings is 1. The van der Waals surface area contributed by atoms with Gasteiger partial charge in [0.25, 0.3) is 0 Å². The number of hydrogen-bond donors (Lipinski definition) is 4. The zero-order valence-electron chi connectivity index (χ0n) is 14.7. The summed E-state index contributed by atoms with van der Waals surface area (Å²) in [4.78, 5) is 8.05. The molecule has 0 spiro atoms. The lowest BCUT2D eigenvalue weighted by molar-refractivity contribution is -0.115. The molecule has 1 fully saturated rings. The summed E-state index contributed by atoms with van der Waals surface area (Å²) in [5.41, 5.74) is 4.23. The topological polar surface area (TPSA) is 127 Å². The summed E-state index contributed by atoms with van der Waals surface area (Å²) in [6, 6.07) is 5.43. The molecule has 1 aliphatic rings.